The van der Waals surface area contributed by atoms with Gasteiger partial charge in [-0.3, -0.25) is 9.36 Å². The van der Waals surface area contributed by atoms with Gasteiger partial charge in [-0.05, 0) is 19.9 Å². The summed E-state index contributed by atoms with van der Waals surface area (Å²) in [6, 6.07) is 0.869. The molecule has 0 spiro atoms. The smallest absolute Gasteiger partial charge is 0.374 e. The van der Waals surface area contributed by atoms with E-state index >= 15 is 0 Å². The topological polar surface area (TPSA) is 77.7 Å². The van der Waals surface area contributed by atoms with Gasteiger partial charge in [0.1, 0.15) is 10.2 Å². The predicted octanol–water partition coefficient (Wildman–Crippen LogP) is 3.68. The third-order valence-electron chi connectivity index (χ3n) is 2.53. The first-order chi connectivity index (χ1) is 11.4. The molecule has 0 atom stereocenters. The van der Waals surface area contributed by atoms with Gasteiger partial charge in [0.2, 0.25) is 0 Å². The molecule has 0 aliphatic carbocycles. The van der Waals surface area contributed by atoms with Gasteiger partial charge in [-0.2, -0.15) is 21.6 Å². The summed E-state index contributed by atoms with van der Waals surface area (Å²) >= 11 is 11.4. The molecule has 0 saturated heterocycles. The number of hydrogen-bond acceptors (Lipinski definition) is 5. The molecule has 0 saturated carbocycles. The number of alkyl halides is 3. The van der Waals surface area contributed by atoms with Crippen molar-refractivity contribution < 1.29 is 25.8 Å². The van der Waals surface area contributed by atoms with Crippen LogP contribution in [0.4, 0.5) is 13.2 Å². The van der Waals surface area contributed by atoms with Gasteiger partial charge in [0.25, 0.3) is 5.56 Å². The Morgan fingerprint density at radius 2 is 2.00 bits per heavy atom. The lowest BCUT2D eigenvalue weighted by Crippen LogP contribution is -2.29. The summed E-state index contributed by atoms with van der Waals surface area (Å²) in [5.41, 5.74) is -6.61. The molecule has 6 nitrogen and oxygen atoms in total. The largest absolute Gasteiger partial charge is 0.534 e. The molecule has 0 aliphatic heterocycles. The Balaban J connectivity index is 3.32. The average Bonchev–Trinajstić information content (AvgIpc) is 2.48. The number of aryl methyl sites for hydroxylation is 1. The van der Waals surface area contributed by atoms with Gasteiger partial charge in [-0.25, -0.2) is 4.99 Å². The zero-order valence-corrected chi connectivity index (χ0v) is 15.0. The molecule has 0 aromatic carbocycles. The second kappa shape index (κ2) is 8.07. The Labute approximate surface area is 151 Å². The third-order valence-corrected chi connectivity index (χ3v) is 4.07. The number of aromatic nitrogens is 1. The molecular weight excluding hydrogens is 408 g/mol. The van der Waals surface area contributed by atoms with Crippen LogP contribution in [0.15, 0.2) is 34.2 Å². The molecule has 0 amide bonds. The second-order valence-corrected chi connectivity index (χ2v) is 6.68. The summed E-state index contributed by atoms with van der Waals surface area (Å²) in [6.07, 6.45) is 5.41. The summed E-state index contributed by atoms with van der Waals surface area (Å²) in [5.74, 6) is -0.931. The van der Waals surface area contributed by atoms with Gasteiger partial charge in [-0.1, -0.05) is 29.3 Å². The number of aliphatic imine (C=N–C) groups is 1. The highest BCUT2D eigenvalue weighted by Gasteiger charge is 2.49. The monoisotopic (exact) mass is 418 g/mol. The lowest BCUT2D eigenvalue weighted by Gasteiger charge is -2.12. The van der Waals surface area contributed by atoms with E-state index < -0.39 is 32.0 Å². The quantitative estimate of drug-likeness (QED) is 0.415. The van der Waals surface area contributed by atoms with E-state index in [2.05, 4.69) is 9.18 Å². The highest BCUT2D eigenvalue weighted by Crippen LogP contribution is 2.30. The number of halogens is 5. The highest BCUT2D eigenvalue weighted by atomic mass is 35.5. The molecule has 1 aromatic heterocycles. The maximum absolute atomic E-state index is 12.4. The van der Waals surface area contributed by atoms with E-state index in [-0.39, 0.29) is 10.9 Å². The number of rotatable bonds is 5. The number of pyridine rings is 1. The number of allylic oxidation sites excluding steroid dienone is 2. The van der Waals surface area contributed by atoms with Crippen molar-refractivity contribution >= 4 is 44.7 Å². The van der Waals surface area contributed by atoms with E-state index in [1.165, 1.54) is 25.4 Å². The Morgan fingerprint density at radius 3 is 2.52 bits per heavy atom. The van der Waals surface area contributed by atoms with E-state index in [4.69, 9.17) is 23.2 Å². The van der Waals surface area contributed by atoms with Crippen molar-refractivity contribution in [2.24, 2.45) is 4.99 Å². The van der Waals surface area contributed by atoms with E-state index in [0.29, 0.717) is 0 Å². The number of hydrogen-bond donors (Lipinski definition) is 0. The predicted molar refractivity (Wildman–Crippen MR) is 89.5 cm³/mol. The minimum atomic E-state index is -5.95. The first-order valence-electron chi connectivity index (χ1n) is 6.35. The Morgan fingerprint density at radius 1 is 1.40 bits per heavy atom. The third kappa shape index (κ3) is 5.35. The fourth-order valence-electron chi connectivity index (χ4n) is 1.43. The maximum atomic E-state index is 12.4. The molecule has 1 aromatic rings. The lowest BCUT2D eigenvalue weighted by molar-refractivity contribution is -0.0500. The van der Waals surface area contributed by atoms with Crippen LogP contribution in [0.25, 0.3) is 6.20 Å². The molecule has 0 unspecified atom stereocenters. The van der Waals surface area contributed by atoms with Gasteiger partial charge in [0.15, 0.2) is 5.75 Å². The summed E-state index contributed by atoms with van der Waals surface area (Å²) in [5, 5.41) is -0.829. The minimum Gasteiger partial charge on any atom is -0.374 e. The normalized spacial score (nSPS) is 13.8. The van der Waals surface area contributed by atoms with E-state index in [1.54, 1.807) is 13.0 Å². The van der Waals surface area contributed by atoms with Crippen molar-refractivity contribution in [3.05, 3.63) is 45.5 Å². The maximum Gasteiger partial charge on any atom is 0.534 e. The van der Waals surface area contributed by atoms with E-state index in [9.17, 15) is 26.4 Å². The van der Waals surface area contributed by atoms with Gasteiger partial charge < -0.3 is 4.18 Å². The van der Waals surface area contributed by atoms with Crippen LogP contribution in [0.3, 0.4) is 0 Å². The van der Waals surface area contributed by atoms with Crippen LogP contribution in [0, 0.1) is 6.92 Å². The molecule has 12 heteroatoms. The Hall–Kier alpha value is -1.78. The van der Waals surface area contributed by atoms with Crippen molar-refractivity contribution in [3.8, 4) is 5.75 Å². The molecule has 0 aliphatic rings. The fraction of sp³-hybridized carbons (Fsp3) is 0.231. The van der Waals surface area contributed by atoms with Crippen molar-refractivity contribution in [3.63, 3.8) is 0 Å². The standard InChI is InChI=1S/C13H11Cl2F3N2O4S/c1-3-5-19-10(14)4-6-20-8(2)7-9(11(15)12(20)21)24-25(22,23)13(16,17)18/h3-7H,1-2H3/b5-3+,6-4+,19-10-. The molecule has 1 rings (SSSR count). The van der Waals surface area contributed by atoms with Crippen LogP contribution in [0.1, 0.15) is 12.6 Å². The molecule has 0 bridgehead atoms. The molecule has 25 heavy (non-hydrogen) atoms. The summed E-state index contributed by atoms with van der Waals surface area (Å²) in [4.78, 5) is 15.9. The zero-order valence-electron chi connectivity index (χ0n) is 12.7. The average molecular weight is 419 g/mol. The van der Waals surface area contributed by atoms with Crippen LogP contribution in [0.5, 0.6) is 5.75 Å². The Bertz CT molecular complexity index is 903. The molecule has 1 heterocycles. The SMILES string of the molecule is C/C=C/N=C(Cl)/C=C/n1c(C)cc(OS(=O)(=O)C(F)(F)F)c(Cl)c1=O. The van der Waals surface area contributed by atoms with E-state index in [1.807, 2.05) is 0 Å². The van der Waals surface area contributed by atoms with Crippen LogP contribution in [-0.2, 0) is 10.1 Å². The van der Waals surface area contributed by atoms with Crippen LogP contribution < -0.4 is 9.74 Å². The fourth-order valence-corrected chi connectivity index (χ4v) is 2.24. The first-order valence-corrected chi connectivity index (χ1v) is 8.52. The second-order valence-electron chi connectivity index (χ2n) is 4.37. The highest BCUT2D eigenvalue weighted by molar-refractivity contribution is 7.88. The molecular formula is C13H11Cl2F3N2O4S. The van der Waals surface area contributed by atoms with Crippen molar-refractivity contribution in [2.45, 2.75) is 19.4 Å². The summed E-state index contributed by atoms with van der Waals surface area (Å²) in [7, 11) is -5.95. The minimum absolute atomic E-state index is 0.0144. The van der Waals surface area contributed by atoms with E-state index in [0.717, 1.165) is 10.6 Å². The van der Waals surface area contributed by atoms with Crippen LogP contribution >= 0.6 is 23.2 Å². The van der Waals surface area contributed by atoms with Gasteiger partial charge in [0.05, 0.1) is 0 Å². The molecule has 0 radical (unpaired) electrons. The Kier molecular flexibility index (Phi) is 6.86. The zero-order chi connectivity index (χ0) is 19.4. The van der Waals surface area contributed by atoms with Crippen LogP contribution in [-0.4, -0.2) is 23.7 Å². The van der Waals surface area contributed by atoms with Gasteiger partial charge >= 0.3 is 15.6 Å². The summed E-state index contributed by atoms with van der Waals surface area (Å²) < 4.78 is 64.0. The molecule has 138 valence electrons. The van der Waals surface area contributed by atoms with Gasteiger partial charge in [-0.15, -0.1) is 0 Å². The van der Waals surface area contributed by atoms with Crippen molar-refractivity contribution in [1.29, 1.82) is 0 Å². The first kappa shape index (κ1) is 21.3. The van der Waals surface area contributed by atoms with Gasteiger partial charge in [0, 0.05) is 24.2 Å². The molecule has 0 N–H and O–H groups in total. The van der Waals surface area contributed by atoms with Crippen LogP contribution in [0.2, 0.25) is 5.02 Å². The lowest BCUT2D eigenvalue weighted by atomic mass is 10.3. The van der Waals surface area contributed by atoms with Crippen molar-refractivity contribution in [1.82, 2.24) is 4.57 Å². The molecule has 0 fully saturated rings. The number of nitrogens with zero attached hydrogens (tertiary/aromatic N) is 2. The van der Waals surface area contributed by atoms with Crippen molar-refractivity contribution in [2.75, 3.05) is 0 Å². The summed E-state index contributed by atoms with van der Waals surface area (Å²) in [6.45, 7) is 3.03.